The quantitative estimate of drug-likeness (QED) is 0.773. The number of rotatable bonds is 6. The van der Waals surface area contributed by atoms with E-state index in [0.29, 0.717) is 49.6 Å². The lowest BCUT2D eigenvalue weighted by Gasteiger charge is -2.28. The summed E-state index contributed by atoms with van der Waals surface area (Å²) in [4.78, 5) is 14.1. The number of carbonyl (C=O) groups excluding carboxylic acids is 1. The summed E-state index contributed by atoms with van der Waals surface area (Å²) in [5, 5.41) is 11.6. The summed E-state index contributed by atoms with van der Waals surface area (Å²) >= 11 is 1.30. The molecule has 1 saturated heterocycles. The van der Waals surface area contributed by atoms with Crippen LogP contribution in [0.1, 0.15) is 13.8 Å². The monoisotopic (exact) mass is 379 g/mol. The van der Waals surface area contributed by atoms with Crippen LogP contribution in [0.25, 0.3) is 5.69 Å². The Balaban J connectivity index is 1.96. The molecule has 3 rings (SSSR count). The van der Waals surface area contributed by atoms with E-state index in [1.165, 1.54) is 23.9 Å². The molecule has 0 saturated carbocycles. The van der Waals surface area contributed by atoms with Crippen LogP contribution in [0, 0.1) is 5.82 Å². The zero-order valence-corrected chi connectivity index (χ0v) is 15.6. The van der Waals surface area contributed by atoms with Gasteiger partial charge in [0, 0.05) is 19.6 Å². The summed E-state index contributed by atoms with van der Waals surface area (Å²) < 4.78 is 21.0. The molecule has 140 valence electrons. The number of benzene rings is 1. The van der Waals surface area contributed by atoms with E-state index >= 15 is 0 Å². The van der Waals surface area contributed by atoms with Gasteiger partial charge in [-0.15, -0.1) is 10.2 Å². The van der Waals surface area contributed by atoms with Gasteiger partial charge in [0.25, 0.3) is 0 Å². The predicted octanol–water partition coefficient (Wildman–Crippen LogP) is 1.86. The molecule has 0 bridgehead atoms. The highest BCUT2D eigenvalue weighted by atomic mass is 32.2. The smallest absolute Gasteiger partial charge is 0.233 e. The van der Waals surface area contributed by atoms with Crippen molar-refractivity contribution >= 4 is 23.6 Å². The number of morpholine rings is 1. The number of halogens is 1. The van der Waals surface area contributed by atoms with Crippen molar-refractivity contribution in [3.63, 3.8) is 0 Å². The maximum Gasteiger partial charge on any atom is 0.233 e. The van der Waals surface area contributed by atoms with Gasteiger partial charge in [-0.2, -0.15) is 0 Å². The van der Waals surface area contributed by atoms with Gasteiger partial charge in [-0.25, -0.2) is 4.39 Å². The fourth-order valence-corrected chi connectivity index (χ4v) is 3.56. The number of aromatic nitrogens is 3. The van der Waals surface area contributed by atoms with Gasteiger partial charge in [-0.05, 0) is 32.0 Å². The van der Waals surface area contributed by atoms with Crippen LogP contribution in [0.15, 0.2) is 29.4 Å². The van der Waals surface area contributed by atoms with Crippen molar-refractivity contribution in [2.45, 2.75) is 24.3 Å². The van der Waals surface area contributed by atoms with Crippen LogP contribution in [-0.2, 0) is 9.53 Å². The zero-order chi connectivity index (χ0) is 18.5. The van der Waals surface area contributed by atoms with Crippen LogP contribution in [0.4, 0.5) is 10.3 Å². The maximum atomic E-state index is 13.8. The molecule has 26 heavy (non-hydrogen) atoms. The van der Waals surface area contributed by atoms with Gasteiger partial charge in [0.2, 0.25) is 11.9 Å². The Morgan fingerprint density at radius 3 is 2.85 bits per heavy atom. The summed E-state index contributed by atoms with van der Waals surface area (Å²) in [5.74, 6) is 0.223. The van der Waals surface area contributed by atoms with Gasteiger partial charge in [0.1, 0.15) is 5.82 Å². The molecule has 0 unspecified atom stereocenters. The molecule has 9 heteroatoms. The van der Waals surface area contributed by atoms with Crippen molar-refractivity contribution in [1.29, 1.82) is 0 Å². The SMILES string of the molecule is CCNC(=O)[C@H](C)Sc1nnc(N2CCOCC2)n1-c1cccc(F)c1. The highest BCUT2D eigenvalue weighted by Gasteiger charge is 2.24. The van der Waals surface area contributed by atoms with Gasteiger partial charge >= 0.3 is 0 Å². The van der Waals surface area contributed by atoms with E-state index in [0.717, 1.165) is 0 Å². The third-order valence-corrected chi connectivity index (χ3v) is 5.02. The number of anilines is 1. The van der Waals surface area contributed by atoms with Crippen molar-refractivity contribution < 1.29 is 13.9 Å². The third kappa shape index (κ3) is 4.16. The predicted molar refractivity (Wildman–Crippen MR) is 98.4 cm³/mol. The molecule has 2 aromatic rings. The first-order valence-electron chi connectivity index (χ1n) is 8.58. The molecule has 1 aliphatic heterocycles. The highest BCUT2D eigenvalue weighted by Crippen LogP contribution is 2.29. The second-order valence-electron chi connectivity index (χ2n) is 5.85. The van der Waals surface area contributed by atoms with Crippen LogP contribution in [-0.4, -0.2) is 58.8 Å². The van der Waals surface area contributed by atoms with Gasteiger partial charge in [-0.1, -0.05) is 17.8 Å². The first kappa shape index (κ1) is 18.7. The van der Waals surface area contributed by atoms with E-state index in [1.807, 2.05) is 13.8 Å². The first-order valence-corrected chi connectivity index (χ1v) is 9.46. The summed E-state index contributed by atoms with van der Waals surface area (Å²) in [6.45, 7) is 6.84. The number of carbonyl (C=O) groups is 1. The molecule has 0 spiro atoms. The second-order valence-corrected chi connectivity index (χ2v) is 7.16. The summed E-state index contributed by atoms with van der Waals surface area (Å²) in [6.07, 6.45) is 0. The topological polar surface area (TPSA) is 72.3 Å². The molecule has 1 aromatic carbocycles. The number of hydrogen-bond donors (Lipinski definition) is 1. The maximum absolute atomic E-state index is 13.8. The minimum absolute atomic E-state index is 0.0702. The number of nitrogens with one attached hydrogen (secondary N) is 1. The Labute approximate surface area is 155 Å². The minimum atomic E-state index is -0.344. The van der Waals surface area contributed by atoms with Gasteiger partial charge < -0.3 is 15.0 Å². The van der Waals surface area contributed by atoms with Crippen LogP contribution in [0.5, 0.6) is 0 Å². The van der Waals surface area contributed by atoms with Crippen LogP contribution >= 0.6 is 11.8 Å². The van der Waals surface area contributed by atoms with Crippen molar-refractivity contribution in [3.05, 3.63) is 30.1 Å². The molecule has 1 amide bonds. The standard InChI is InChI=1S/C17H22FN5O2S/c1-3-19-15(24)12(2)26-17-21-20-16(22-7-9-25-10-8-22)23(17)14-6-4-5-13(18)11-14/h4-6,11-12H,3,7-10H2,1-2H3,(H,19,24)/t12-/m0/s1. The second kappa shape index (κ2) is 8.50. The van der Waals surface area contributed by atoms with Crippen LogP contribution in [0.2, 0.25) is 0 Å². The third-order valence-electron chi connectivity index (χ3n) is 3.98. The summed E-state index contributed by atoms with van der Waals surface area (Å²) in [6, 6.07) is 6.28. The molecule has 0 radical (unpaired) electrons. The number of thioether (sulfide) groups is 1. The normalized spacial score (nSPS) is 15.7. The average Bonchev–Trinajstić information content (AvgIpc) is 3.06. The summed E-state index contributed by atoms with van der Waals surface area (Å²) in [5.41, 5.74) is 0.627. The molecule has 1 aliphatic rings. The number of ether oxygens (including phenoxy) is 1. The first-order chi connectivity index (χ1) is 12.6. The zero-order valence-electron chi connectivity index (χ0n) is 14.8. The molecular formula is C17H22FN5O2S. The lowest BCUT2D eigenvalue weighted by molar-refractivity contribution is -0.120. The van der Waals surface area contributed by atoms with Gasteiger partial charge in [-0.3, -0.25) is 9.36 Å². The fourth-order valence-electron chi connectivity index (χ4n) is 2.68. The van der Waals surface area contributed by atoms with Crippen molar-refractivity contribution in [2.24, 2.45) is 0 Å². The van der Waals surface area contributed by atoms with Crippen LogP contribution < -0.4 is 10.2 Å². The lowest BCUT2D eigenvalue weighted by atomic mass is 10.3. The number of amides is 1. The Kier molecular flexibility index (Phi) is 6.10. The number of nitrogens with zero attached hydrogens (tertiary/aromatic N) is 4. The van der Waals surface area contributed by atoms with E-state index in [1.54, 1.807) is 16.7 Å². The van der Waals surface area contributed by atoms with Crippen molar-refractivity contribution in [1.82, 2.24) is 20.1 Å². The van der Waals surface area contributed by atoms with E-state index in [-0.39, 0.29) is 17.0 Å². The van der Waals surface area contributed by atoms with E-state index < -0.39 is 0 Å². The van der Waals surface area contributed by atoms with Gasteiger partial charge in [0.05, 0.1) is 24.2 Å². The Hall–Kier alpha value is -2.13. The average molecular weight is 379 g/mol. The van der Waals surface area contributed by atoms with E-state index in [9.17, 15) is 9.18 Å². The Bertz CT molecular complexity index is 763. The molecule has 7 nitrogen and oxygen atoms in total. The van der Waals surface area contributed by atoms with E-state index in [2.05, 4.69) is 20.4 Å². The molecule has 0 aliphatic carbocycles. The molecule has 1 atom stereocenters. The largest absolute Gasteiger partial charge is 0.378 e. The lowest BCUT2D eigenvalue weighted by Crippen LogP contribution is -2.38. The number of hydrogen-bond acceptors (Lipinski definition) is 6. The highest BCUT2D eigenvalue weighted by molar-refractivity contribution is 8.00. The van der Waals surface area contributed by atoms with Crippen molar-refractivity contribution in [2.75, 3.05) is 37.7 Å². The fraction of sp³-hybridized carbons (Fsp3) is 0.471. The van der Waals surface area contributed by atoms with Crippen molar-refractivity contribution in [3.8, 4) is 5.69 Å². The minimum Gasteiger partial charge on any atom is -0.378 e. The molecule has 1 fully saturated rings. The molecule has 1 aromatic heterocycles. The van der Waals surface area contributed by atoms with Gasteiger partial charge in [0.15, 0.2) is 5.16 Å². The Morgan fingerprint density at radius 2 is 2.15 bits per heavy atom. The molecule has 2 heterocycles. The Morgan fingerprint density at radius 1 is 1.38 bits per heavy atom. The van der Waals surface area contributed by atoms with E-state index in [4.69, 9.17) is 4.74 Å². The summed E-state index contributed by atoms with van der Waals surface area (Å²) in [7, 11) is 0. The molecular weight excluding hydrogens is 357 g/mol. The van der Waals surface area contributed by atoms with Crippen LogP contribution in [0.3, 0.4) is 0 Å². The molecule has 1 N–H and O–H groups in total.